The highest BCUT2D eigenvalue weighted by molar-refractivity contribution is 6.32. The van der Waals surface area contributed by atoms with Crippen molar-refractivity contribution in [1.82, 2.24) is 15.0 Å². The number of hydrogen-bond acceptors (Lipinski definition) is 6. The third-order valence-electron chi connectivity index (χ3n) is 5.62. The van der Waals surface area contributed by atoms with Crippen LogP contribution in [0.5, 0.6) is 5.75 Å². The molecule has 1 fully saturated rings. The molecule has 0 aliphatic carbocycles. The quantitative estimate of drug-likeness (QED) is 0.578. The van der Waals surface area contributed by atoms with Gasteiger partial charge in [0.05, 0.1) is 17.8 Å². The van der Waals surface area contributed by atoms with Gasteiger partial charge < -0.3 is 14.6 Å². The number of benzene rings is 2. The van der Waals surface area contributed by atoms with Crippen LogP contribution >= 0.6 is 11.6 Å². The van der Waals surface area contributed by atoms with Gasteiger partial charge in [-0.2, -0.15) is 0 Å². The molecule has 1 aromatic heterocycles. The Morgan fingerprint density at radius 2 is 1.91 bits per heavy atom. The molecule has 0 saturated carbocycles. The lowest BCUT2D eigenvalue weighted by Crippen LogP contribution is -2.49. The summed E-state index contributed by atoms with van der Waals surface area (Å²) < 4.78 is 10.4. The number of carbonyl (C=O) groups excluding carboxylic acids is 1. The molecule has 2 heterocycles. The van der Waals surface area contributed by atoms with Gasteiger partial charge in [0.1, 0.15) is 17.6 Å². The van der Waals surface area contributed by atoms with Gasteiger partial charge in [-0.05, 0) is 30.7 Å². The monoisotopic (exact) mass is 454 g/mol. The predicted octanol–water partition coefficient (Wildman–Crippen LogP) is 4.14. The first-order chi connectivity index (χ1) is 15.5. The Morgan fingerprint density at radius 3 is 2.53 bits per heavy atom. The zero-order valence-corrected chi connectivity index (χ0v) is 19.0. The maximum Gasteiger partial charge on any atom is 0.246 e. The van der Waals surface area contributed by atoms with Gasteiger partial charge in [-0.1, -0.05) is 47.1 Å². The first-order valence-corrected chi connectivity index (χ1v) is 11.0. The molecule has 0 bridgehead atoms. The lowest BCUT2D eigenvalue weighted by molar-refractivity contribution is -0.122. The fraction of sp³-hybridized carbons (Fsp3) is 0.333. The van der Waals surface area contributed by atoms with E-state index in [2.05, 4.69) is 20.3 Å². The topological polar surface area (TPSA) is 70.8 Å². The fourth-order valence-electron chi connectivity index (χ4n) is 4.02. The first kappa shape index (κ1) is 22.3. The maximum atomic E-state index is 13.4. The molecule has 0 spiro atoms. The Hall–Kier alpha value is -2.87. The highest BCUT2D eigenvalue weighted by Gasteiger charge is 2.30. The van der Waals surface area contributed by atoms with Crippen molar-refractivity contribution >= 4 is 23.2 Å². The van der Waals surface area contributed by atoms with E-state index in [1.54, 1.807) is 25.3 Å². The third kappa shape index (κ3) is 5.30. The van der Waals surface area contributed by atoms with Gasteiger partial charge in [-0.15, -0.1) is 0 Å². The van der Waals surface area contributed by atoms with E-state index in [4.69, 9.17) is 20.9 Å². The van der Waals surface area contributed by atoms with Crippen LogP contribution in [0.4, 0.5) is 5.69 Å². The molecule has 8 heteroatoms. The van der Waals surface area contributed by atoms with Gasteiger partial charge >= 0.3 is 0 Å². The summed E-state index contributed by atoms with van der Waals surface area (Å²) in [5.41, 5.74) is 2.54. The van der Waals surface area contributed by atoms with Crippen molar-refractivity contribution < 1.29 is 14.1 Å². The Kier molecular flexibility index (Phi) is 7.09. The molecule has 1 aliphatic heterocycles. The lowest BCUT2D eigenvalue weighted by atomic mass is 10.0. The van der Waals surface area contributed by atoms with Crippen molar-refractivity contribution in [3.05, 3.63) is 76.6 Å². The number of nitrogens with one attached hydrogen (secondary N) is 1. The summed E-state index contributed by atoms with van der Waals surface area (Å²) in [4.78, 5) is 17.9. The summed E-state index contributed by atoms with van der Waals surface area (Å²) in [6.07, 6.45) is 0. The molecule has 1 saturated heterocycles. The van der Waals surface area contributed by atoms with Gasteiger partial charge in [-0.3, -0.25) is 14.6 Å². The van der Waals surface area contributed by atoms with Gasteiger partial charge in [0.15, 0.2) is 0 Å². The van der Waals surface area contributed by atoms with E-state index in [0.717, 1.165) is 49.7 Å². The molecule has 3 aromatic rings. The van der Waals surface area contributed by atoms with E-state index >= 15 is 0 Å². The number of aryl methyl sites for hydroxylation is 1. The van der Waals surface area contributed by atoms with Gasteiger partial charge in [0.2, 0.25) is 5.91 Å². The minimum atomic E-state index is -0.395. The number of anilines is 1. The number of ether oxygens (including phenoxy) is 1. The van der Waals surface area contributed by atoms with Crippen LogP contribution in [0, 0.1) is 6.92 Å². The first-order valence-electron chi connectivity index (χ1n) is 10.6. The predicted molar refractivity (Wildman–Crippen MR) is 124 cm³/mol. The SMILES string of the molecule is COc1ccc(NC(=O)[C@H](c2ccccc2)N2CCN(Cc3cc(C)on3)CC2)cc1Cl. The van der Waals surface area contributed by atoms with Crippen molar-refractivity contribution in [3.8, 4) is 5.75 Å². The second kappa shape index (κ2) is 10.2. The molecule has 2 aromatic carbocycles. The molecule has 0 unspecified atom stereocenters. The molecular formula is C24H27ClN4O3. The lowest BCUT2D eigenvalue weighted by Gasteiger charge is -2.38. The van der Waals surface area contributed by atoms with Crippen LogP contribution < -0.4 is 10.1 Å². The number of amides is 1. The van der Waals surface area contributed by atoms with Crippen molar-refractivity contribution in [1.29, 1.82) is 0 Å². The Bertz CT molecular complexity index is 1050. The van der Waals surface area contributed by atoms with Crippen LogP contribution in [0.25, 0.3) is 0 Å². The number of rotatable bonds is 7. The van der Waals surface area contributed by atoms with Crippen LogP contribution in [0.15, 0.2) is 59.1 Å². The smallest absolute Gasteiger partial charge is 0.246 e. The molecule has 1 N–H and O–H groups in total. The van der Waals surface area contributed by atoms with Crippen LogP contribution in [-0.2, 0) is 11.3 Å². The van der Waals surface area contributed by atoms with E-state index in [1.807, 2.05) is 43.3 Å². The molecule has 168 valence electrons. The minimum Gasteiger partial charge on any atom is -0.495 e. The summed E-state index contributed by atoms with van der Waals surface area (Å²) in [6, 6.07) is 16.7. The summed E-state index contributed by atoms with van der Waals surface area (Å²) in [5, 5.41) is 7.58. The Labute approximate surface area is 192 Å². The van der Waals surface area contributed by atoms with E-state index in [-0.39, 0.29) is 5.91 Å². The minimum absolute atomic E-state index is 0.0852. The summed E-state index contributed by atoms with van der Waals surface area (Å²) in [7, 11) is 1.56. The molecule has 4 rings (SSSR count). The van der Waals surface area contributed by atoms with Crippen molar-refractivity contribution in [2.24, 2.45) is 0 Å². The highest BCUT2D eigenvalue weighted by atomic mass is 35.5. The average molecular weight is 455 g/mol. The molecular weight excluding hydrogens is 428 g/mol. The number of methoxy groups -OCH3 is 1. The number of aromatic nitrogens is 1. The molecule has 1 aliphatic rings. The van der Waals surface area contributed by atoms with Crippen molar-refractivity contribution in [2.75, 3.05) is 38.6 Å². The van der Waals surface area contributed by atoms with Crippen LogP contribution in [0.3, 0.4) is 0 Å². The second-order valence-corrected chi connectivity index (χ2v) is 8.30. The highest BCUT2D eigenvalue weighted by Crippen LogP contribution is 2.29. The normalized spacial score (nSPS) is 16.0. The summed E-state index contributed by atoms with van der Waals surface area (Å²) in [6.45, 7) is 5.87. The Morgan fingerprint density at radius 1 is 1.16 bits per heavy atom. The zero-order chi connectivity index (χ0) is 22.5. The third-order valence-corrected chi connectivity index (χ3v) is 5.91. The standard InChI is InChI=1S/C24H27ClN4O3/c1-17-14-20(27-32-17)16-28-10-12-29(13-11-28)23(18-6-4-3-5-7-18)24(30)26-19-8-9-22(31-2)21(25)15-19/h3-9,14-15,23H,10-13,16H2,1-2H3,(H,26,30)/t23-/m0/s1. The molecule has 1 atom stereocenters. The number of halogens is 1. The summed E-state index contributed by atoms with van der Waals surface area (Å²) >= 11 is 6.24. The van der Waals surface area contributed by atoms with Crippen LogP contribution in [0.2, 0.25) is 5.02 Å². The fourth-order valence-corrected chi connectivity index (χ4v) is 4.28. The van der Waals surface area contributed by atoms with E-state index in [9.17, 15) is 4.79 Å². The van der Waals surface area contributed by atoms with E-state index < -0.39 is 6.04 Å². The zero-order valence-electron chi connectivity index (χ0n) is 18.3. The van der Waals surface area contributed by atoms with Crippen molar-refractivity contribution in [2.45, 2.75) is 19.5 Å². The van der Waals surface area contributed by atoms with Gasteiger partial charge in [0.25, 0.3) is 0 Å². The van der Waals surface area contributed by atoms with Crippen LogP contribution in [0.1, 0.15) is 23.1 Å². The molecule has 1 amide bonds. The van der Waals surface area contributed by atoms with E-state index in [0.29, 0.717) is 16.5 Å². The van der Waals surface area contributed by atoms with Gasteiger partial charge in [0, 0.05) is 44.5 Å². The number of carbonyl (C=O) groups is 1. The number of hydrogen-bond donors (Lipinski definition) is 1. The molecule has 0 radical (unpaired) electrons. The number of piperazine rings is 1. The largest absolute Gasteiger partial charge is 0.495 e. The Balaban J connectivity index is 1.46. The van der Waals surface area contributed by atoms with E-state index in [1.165, 1.54) is 0 Å². The van der Waals surface area contributed by atoms with Gasteiger partial charge in [-0.25, -0.2) is 0 Å². The van der Waals surface area contributed by atoms with Crippen LogP contribution in [-0.4, -0.2) is 54.2 Å². The van der Waals surface area contributed by atoms with Crippen molar-refractivity contribution in [3.63, 3.8) is 0 Å². The maximum absolute atomic E-state index is 13.4. The molecule has 7 nitrogen and oxygen atoms in total. The molecule has 32 heavy (non-hydrogen) atoms. The summed E-state index contributed by atoms with van der Waals surface area (Å²) in [5.74, 6) is 1.30. The second-order valence-electron chi connectivity index (χ2n) is 7.89. The number of nitrogens with zero attached hydrogens (tertiary/aromatic N) is 3. The average Bonchev–Trinajstić information content (AvgIpc) is 3.20.